The molecule has 2 N–H and O–H groups in total. The zero-order valence-electron chi connectivity index (χ0n) is 13.7. The minimum atomic E-state index is 0.176. The summed E-state index contributed by atoms with van der Waals surface area (Å²) in [6, 6.07) is 8.34. The van der Waals surface area contributed by atoms with Crippen molar-refractivity contribution in [2.24, 2.45) is 0 Å². The number of phenols is 1. The van der Waals surface area contributed by atoms with Gasteiger partial charge in [-0.15, -0.1) is 0 Å². The molecule has 1 aliphatic heterocycles. The second kappa shape index (κ2) is 5.65. The number of phenolic OH excluding ortho intramolecular Hbond substituents is 1. The molecule has 0 unspecified atom stereocenters. The molecule has 3 rings (SSSR count). The average molecular weight is 297 g/mol. The molecule has 1 atom stereocenters. The minimum absolute atomic E-state index is 0.176. The second-order valence-electron chi connectivity index (χ2n) is 6.24. The molecule has 0 amide bonds. The number of hydrogen-bond donors (Lipinski definition) is 2. The van der Waals surface area contributed by atoms with E-state index in [1.165, 1.54) is 22.3 Å². The van der Waals surface area contributed by atoms with E-state index in [4.69, 9.17) is 4.74 Å². The van der Waals surface area contributed by atoms with Crippen LogP contribution in [0.4, 0.5) is 0 Å². The second-order valence-corrected chi connectivity index (χ2v) is 6.24. The molecule has 0 aliphatic carbocycles. The number of aromatic hydroxyl groups is 1. The summed E-state index contributed by atoms with van der Waals surface area (Å²) in [7, 11) is 0. The number of fused-ring (bicyclic) bond motifs is 1. The molecule has 0 radical (unpaired) electrons. The van der Waals surface area contributed by atoms with E-state index in [0.29, 0.717) is 18.9 Å². The molecule has 22 heavy (non-hydrogen) atoms. The van der Waals surface area contributed by atoms with Crippen LogP contribution in [-0.4, -0.2) is 11.7 Å². The Hall–Kier alpha value is -2.00. The smallest absolute Gasteiger partial charge is 0.127 e. The lowest BCUT2D eigenvalue weighted by molar-refractivity contribution is 0.308. The summed E-state index contributed by atoms with van der Waals surface area (Å²) in [6.07, 6.45) is 0. The average Bonchev–Trinajstić information content (AvgIpc) is 2.89. The van der Waals surface area contributed by atoms with E-state index in [2.05, 4.69) is 44.3 Å². The SMILES string of the molecule is Cc1cc(O)c(CN[C@@H]2COc3c2ccc(C)c3C)cc1C. The molecule has 1 heterocycles. The summed E-state index contributed by atoms with van der Waals surface area (Å²) in [6.45, 7) is 9.56. The maximum absolute atomic E-state index is 10.1. The van der Waals surface area contributed by atoms with Crippen LogP contribution in [-0.2, 0) is 6.54 Å². The molecule has 2 aromatic rings. The summed E-state index contributed by atoms with van der Waals surface area (Å²) >= 11 is 0. The van der Waals surface area contributed by atoms with Crippen LogP contribution < -0.4 is 10.1 Å². The topological polar surface area (TPSA) is 41.5 Å². The molecule has 116 valence electrons. The standard InChI is InChI=1S/C19H23NO2/c1-11-5-6-16-17(10-22-19(16)14(11)4)20-9-15-7-12(2)13(3)8-18(15)21/h5-8,17,20-21H,9-10H2,1-4H3/t17-/m1/s1. The highest BCUT2D eigenvalue weighted by Gasteiger charge is 2.25. The van der Waals surface area contributed by atoms with Gasteiger partial charge in [0.05, 0.1) is 6.04 Å². The Balaban J connectivity index is 1.78. The predicted octanol–water partition coefficient (Wildman–Crippen LogP) is 3.85. The van der Waals surface area contributed by atoms with Gasteiger partial charge in [0, 0.05) is 17.7 Å². The van der Waals surface area contributed by atoms with Crippen molar-refractivity contribution in [1.29, 1.82) is 0 Å². The van der Waals surface area contributed by atoms with Crippen molar-refractivity contribution in [2.75, 3.05) is 6.61 Å². The van der Waals surface area contributed by atoms with Crippen LogP contribution in [0, 0.1) is 27.7 Å². The third-order valence-electron chi connectivity index (χ3n) is 4.71. The fraction of sp³-hybridized carbons (Fsp3) is 0.368. The Bertz CT molecular complexity index is 722. The molecule has 0 fully saturated rings. The number of hydrogen-bond acceptors (Lipinski definition) is 3. The van der Waals surface area contributed by atoms with E-state index in [1.54, 1.807) is 0 Å². The molecular weight excluding hydrogens is 274 g/mol. The summed E-state index contributed by atoms with van der Waals surface area (Å²) in [5, 5.41) is 13.6. The maximum Gasteiger partial charge on any atom is 0.127 e. The van der Waals surface area contributed by atoms with Crippen molar-refractivity contribution in [2.45, 2.75) is 40.3 Å². The van der Waals surface area contributed by atoms with Gasteiger partial charge in [0.15, 0.2) is 0 Å². The summed E-state index contributed by atoms with van der Waals surface area (Å²) in [5.74, 6) is 1.37. The van der Waals surface area contributed by atoms with Crippen molar-refractivity contribution in [3.8, 4) is 11.5 Å². The number of rotatable bonds is 3. The Morgan fingerprint density at radius 1 is 1.09 bits per heavy atom. The zero-order chi connectivity index (χ0) is 15.9. The van der Waals surface area contributed by atoms with Crippen LogP contribution >= 0.6 is 0 Å². The van der Waals surface area contributed by atoms with E-state index in [-0.39, 0.29) is 6.04 Å². The van der Waals surface area contributed by atoms with Gasteiger partial charge < -0.3 is 15.2 Å². The van der Waals surface area contributed by atoms with E-state index < -0.39 is 0 Å². The van der Waals surface area contributed by atoms with E-state index >= 15 is 0 Å². The van der Waals surface area contributed by atoms with Crippen LogP contribution in [0.3, 0.4) is 0 Å². The van der Waals surface area contributed by atoms with E-state index in [9.17, 15) is 5.11 Å². The van der Waals surface area contributed by atoms with Crippen molar-refractivity contribution in [3.05, 3.63) is 57.6 Å². The number of benzene rings is 2. The number of nitrogens with one attached hydrogen (secondary N) is 1. The molecule has 0 bridgehead atoms. The van der Waals surface area contributed by atoms with Crippen LogP contribution in [0.5, 0.6) is 11.5 Å². The quantitative estimate of drug-likeness (QED) is 0.904. The fourth-order valence-corrected chi connectivity index (χ4v) is 2.94. The Morgan fingerprint density at radius 2 is 1.82 bits per heavy atom. The van der Waals surface area contributed by atoms with Crippen LogP contribution in [0.2, 0.25) is 0 Å². The summed E-state index contributed by atoms with van der Waals surface area (Å²) in [5.41, 5.74) is 6.93. The van der Waals surface area contributed by atoms with Crippen LogP contribution in [0.1, 0.15) is 39.4 Å². The van der Waals surface area contributed by atoms with Crippen molar-refractivity contribution >= 4 is 0 Å². The van der Waals surface area contributed by atoms with Gasteiger partial charge in [0.1, 0.15) is 18.1 Å². The number of aryl methyl sites for hydroxylation is 3. The maximum atomic E-state index is 10.1. The van der Waals surface area contributed by atoms with Crippen molar-refractivity contribution < 1.29 is 9.84 Å². The highest BCUT2D eigenvalue weighted by molar-refractivity contribution is 5.49. The first-order chi connectivity index (χ1) is 10.5. The largest absolute Gasteiger partial charge is 0.508 e. The van der Waals surface area contributed by atoms with E-state index in [0.717, 1.165) is 16.9 Å². The summed E-state index contributed by atoms with van der Waals surface area (Å²) in [4.78, 5) is 0. The predicted molar refractivity (Wildman–Crippen MR) is 88.6 cm³/mol. The normalized spacial score (nSPS) is 16.5. The first-order valence-electron chi connectivity index (χ1n) is 7.72. The molecule has 1 aliphatic rings. The monoisotopic (exact) mass is 297 g/mol. The third kappa shape index (κ3) is 2.57. The van der Waals surface area contributed by atoms with Gasteiger partial charge in [-0.3, -0.25) is 0 Å². The molecule has 0 saturated carbocycles. The number of ether oxygens (including phenoxy) is 1. The van der Waals surface area contributed by atoms with Gasteiger partial charge >= 0.3 is 0 Å². The third-order valence-corrected chi connectivity index (χ3v) is 4.71. The fourth-order valence-electron chi connectivity index (χ4n) is 2.94. The Labute approximate surface area is 131 Å². The molecule has 2 aromatic carbocycles. The lowest BCUT2D eigenvalue weighted by Crippen LogP contribution is -2.22. The molecule has 0 aromatic heterocycles. The molecule has 0 spiro atoms. The summed E-state index contributed by atoms with van der Waals surface area (Å²) < 4.78 is 5.86. The minimum Gasteiger partial charge on any atom is -0.508 e. The van der Waals surface area contributed by atoms with Gasteiger partial charge in [-0.25, -0.2) is 0 Å². The Kier molecular flexibility index (Phi) is 3.83. The van der Waals surface area contributed by atoms with Crippen LogP contribution in [0.15, 0.2) is 24.3 Å². The van der Waals surface area contributed by atoms with E-state index in [1.807, 2.05) is 13.0 Å². The van der Waals surface area contributed by atoms with Gasteiger partial charge in [-0.1, -0.05) is 18.2 Å². The first-order valence-corrected chi connectivity index (χ1v) is 7.72. The molecular formula is C19H23NO2. The van der Waals surface area contributed by atoms with Gasteiger partial charge in [0.2, 0.25) is 0 Å². The van der Waals surface area contributed by atoms with Gasteiger partial charge in [-0.2, -0.15) is 0 Å². The highest BCUT2D eigenvalue weighted by Crippen LogP contribution is 2.37. The zero-order valence-corrected chi connectivity index (χ0v) is 13.7. The highest BCUT2D eigenvalue weighted by atomic mass is 16.5. The molecule has 0 saturated heterocycles. The lowest BCUT2D eigenvalue weighted by atomic mass is 10.0. The molecule has 3 nitrogen and oxygen atoms in total. The Morgan fingerprint density at radius 3 is 2.59 bits per heavy atom. The van der Waals surface area contributed by atoms with Gasteiger partial charge in [-0.05, 0) is 56.0 Å². The van der Waals surface area contributed by atoms with Gasteiger partial charge in [0.25, 0.3) is 0 Å². The van der Waals surface area contributed by atoms with Crippen LogP contribution in [0.25, 0.3) is 0 Å². The first kappa shape index (κ1) is 14.9. The van der Waals surface area contributed by atoms with Crippen molar-refractivity contribution in [1.82, 2.24) is 5.32 Å². The lowest BCUT2D eigenvalue weighted by Gasteiger charge is -2.14. The van der Waals surface area contributed by atoms with Crippen molar-refractivity contribution in [3.63, 3.8) is 0 Å². The molecule has 3 heteroatoms.